The van der Waals surface area contributed by atoms with Gasteiger partial charge in [0.15, 0.2) is 5.65 Å². The molecule has 4 aromatic rings. The molecule has 0 spiro atoms. The van der Waals surface area contributed by atoms with Crippen LogP contribution < -0.4 is 4.74 Å². The Morgan fingerprint density at radius 1 is 1.10 bits per heavy atom. The lowest BCUT2D eigenvalue weighted by Gasteiger charge is -2.31. The average Bonchev–Trinajstić information content (AvgIpc) is 3.34. The molecule has 3 N–H and O–H groups in total. The largest absolute Gasteiger partial charge is 0.464 e. The van der Waals surface area contributed by atoms with Gasteiger partial charge in [-0.15, -0.1) is 0 Å². The summed E-state index contributed by atoms with van der Waals surface area (Å²) in [5, 5.41) is 19.8. The molecular weight excluding hydrogens is 548 g/mol. The highest BCUT2D eigenvalue weighted by molar-refractivity contribution is 6.33. The lowest BCUT2D eigenvalue weighted by Crippen LogP contribution is -2.45. The number of rotatable bonds is 10. The molecule has 10 nitrogen and oxygen atoms in total. The van der Waals surface area contributed by atoms with Gasteiger partial charge in [0, 0.05) is 18.5 Å². The van der Waals surface area contributed by atoms with Crippen LogP contribution in [0.3, 0.4) is 0 Å². The molecule has 0 aliphatic carbocycles. The second-order valence-corrected chi connectivity index (χ2v) is 10.7. The molecule has 5 rings (SSSR count). The average molecular weight is 581 g/mol. The fourth-order valence-corrected chi connectivity index (χ4v) is 4.86. The fourth-order valence-electron chi connectivity index (χ4n) is 4.59. The van der Waals surface area contributed by atoms with Gasteiger partial charge in [-0.05, 0) is 36.9 Å². The van der Waals surface area contributed by atoms with E-state index in [1.807, 2.05) is 67.5 Å². The molecule has 3 heterocycles. The van der Waals surface area contributed by atoms with Gasteiger partial charge in [0.25, 0.3) is 6.01 Å². The van der Waals surface area contributed by atoms with E-state index in [2.05, 4.69) is 15.0 Å². The number of aliphatic hydroxyl groups is 2. The highest BCUT2D eigenvalue weighted by Gasteiger charge is 2.31. The molecule has 3 atom stereocenters. The lowest BCUT2D eigenvalue weighted by atomic mass is 10.0. The minimum Gasteiger partial charge on any atom is -0.464 e. The quantitative estimate of drug-likeness (QED) is 0.241. The summed E-state index contributed by atoms with van der Waals surface area (Å²) < 4.78 is 16.6. The number of pyridine rings is 1. The number of carbonyl (C=O) groups excluding carboxylic acids is 1. The number of aliphatic hydroxyl groups excluding tert-OH is 2. The predicted octanol–water partition coefficient (Wildman–Crippen LogP) is 3.48. The summed E-state index contributed by atoms with van der Waals surface area (Å²) in [5.74, 6) is -0.237. The zero-order valence-corrected chi connectivity index (χ0v) is 23.7. The van der Waals surface area contributed by atoms with Gasteiger partial charge in [-0.2, -0.15) is 4.98 Å². The number of nitrogens with zero attached hydrogens (tertiary/aromatic N) is 3. The van der Waals surface area contributed by atoms with Crippen molar-refractivity contribution in [2.45, 2.75) is 31.2 Å². The van der Waals surface area contributed by atoms with Gasteiger partial charge >= 0.3 is 5.97 Å². The number of fused-ring (bicyclic) bond motifs is 1. The summed E-state index contributed by atoms with van der Waals surface area (Å²) in [6, 6.07) is 17.7. The van der Waals surface area contributed by atoms with E-state index in [1.165, 1.54) is 0 Å². The van der Waals surface area contributed by atoms with Crippen molar-refractivity contribution in [2.75, 3.05) is 40.5 Å². The Kier molecular flexibility index (Phi) is 9.16. The van der Waals surface area contributed by atoms with Crippen LogP contribution in [0.1, 0.15) is 12.0 Å². The van der Waals surface area contributed by atoms with Crippen LogP contribution in [-0.4, -0.2) is 94.8 Å². The fraction of sp³-hybridized carbons (Fsp3) is 0.367. The standard InChI is InChI=1S/C30H33ClN4O6/c1-35(2)11-12-39-27(38)13-18-3-5-19(6-4-18)20-7-9-21(10-8-20)28-23(31)15-24-29(33-28)34-30(32-24)41-22-14-25(37)26(16-36)40-17-22/h3-10,15,22,25-26,36-37H,11-14,16-17H2,1-2H3,(H,32,33,34)/t22-,25+,26-/m1/s1. The van der Waals surface area contributed by atoms with Crippen LogP contribution in [0, 0.1) is 0 Å². The van der Waals surface area contributed by atoms with Crippen molar-refractivity contribution >= 4 is 28.7 Å². The lowest BCUT2D eigenvalue weighted by molar-refractivity contribution is -0.143. The molecule has 0 amide bonds. The van der Waals surface area contributed by atoms with E-state index >= 15 is 0 Å². The van der Waals surface area contributed by atoms with E-state index in [-0.39, 0.29) is 31.6 Å². The number of H-pyrrole nitrogens is 1. The molecule has 0 unspecified atom stereocenters. The molecule has 1 aliphatic rings. The van der Waals surface area contributed by atoms with E-state index in [9.17, 15) is 15.0 Å². The normalized spacial score (nSPS) is 19.0. The van der Waals surface area contributed by atoms with Gasteiger partial charge < -0.3 is 34.3 Å². The first-order valence-electron chi connectivity index (χ1n) is 13.4. The Bertz CT molecular complexity index is 1480. The molecule has 2 aromatic carbocycles. The Morgan fingerprint density at radius 2 is 1.78 bits per heavy atom. The van der Waals surface area contributed by atoms with Crippen LogP contribution in [0.5, 0.6) is 6.01 Å². The van der Waals surface area contributed by atoms with Gasteiger partial charge in [0.2, 0.25) is 0 Å². The molecule has 41 heavy (non-hydrogen) atoms. The first-order chi connectivity index (χ1) is 19.8. The molecule has 11 heteroatoms. The number of halogens is 1. The maximum Gasteiger partial charge on any atom is 0.310 e. The van der Waals surface area contributed by atoms with Crippen molar-refractivity contribution in [1.29, 1.82) is 0 Å². The minimum atomic E-state index is -0.815. The third-order valence-electron chi connectivity index (χ3n) is 6.89. The second-order valence-electron chi connectivity index (χ2n) is 10.3. The summed E-state index contributed by atoms with van der Waals surface area (Å²) >= 11 is 6.58. The predicted molar refractivity (Wildman–Crippen MR) is 155 cm³/mol. The van der Waals surface area contributed by atoms with Crippen LogP contribution >= 0.6 is 11.6 Å². The monoisotopic (exact) mass is 580 g/mol. The number of likely N-dealkylation sites (N-methyl/N-ethyl adjacent to an activating group) is 1. The van der Waals surface area contributed by atoms with E-state index in [4.69, 9.17) is 25.8 Å². The Balaban J connectivity index is 1.24. The number of imidazole rings is 1. The van der Waals surface area contributed by atoms with Crippen LogP contribution in [0.4, 0.5) is 0 Å². The van der Waals surface area contributed by atoms with Crippen LogP contribution in [0.25, 0.3) is 33.5 Å². The van der Waals surface area contributed by atoms with E-state index in [0.29, 0.717) is 41.5 Å². The molecule has 1 aliphatic heterocycles. The van der Waals surface area contributed by atoms with Crippen molar-refractivity contribution in [3.63, 3.8) is 0 Å². The maximum absolute atomic E-state index is 12.1. The maximum atomic E-state index is 12.1. The third kappa shape index (κ3) is 7.22. The highest BCUT2D eigenvalue weighted by Crippen LogP contribution is 2.31. The number of ether oxygens (including phenoxy) is 3. The summed E-state index contributed by atoms with van der Waals surface area (Å²) in [5.41, 5.74) is 5.43. The molecule has 0 radical (unpaired) electrons. The van der Waals surface area contributed by atoms with Gasteiger partial charge in [-0.3, -0.25) is 4.79 Å². The van der Waals surface area contributed by atoms with E-state index < -0.39 is 18.3 Å². The molecule has 1 fully saturated rings. The van der Waals surface area contributed by atoms with Crippen LogP contribution in [-0.2, 0) is 20.7 Å². The topological polar surface area (TPSA) is 130 Å². The summed E-state index contributed by atoms with van der Waals surface area (Å²) in [6.45, 7) is 1.07. The number of aromatic nitrogens is 3. The number of nitrogens with one attached hydrogen (secondary N) is 1. The van der Waals surface area contributed by atoms with Gasteiger partial charge in [0.05, 0.1) is 42.0 Å². The third-order valence-corrected chi connectivity index (χ3v) is 7.18. The van der Waals surface area contributed by atoms with Crippen LogP contribution in [0.2, 0.25) is 5.02 Å². The van der Waals surface area contributed by atoms with E-state index in [1.54, 1.807) is 6.07 Å². The summed E-state index contributed by atoms with van der Waals surface area (Å²) in [7, 11) is 3.87. The molecular formula is C30H33ClN4O6. The number of aromatic amines is 1. The molecule has 216 valence electrons. The number of hydrogen-bond acceptors (Lipinski definition) is 9. The highest BCUT2D eigenvalue weighted by atomic mass is 35.5. The van der Waals surface area contributed by atoms with Crippen molar-refractivity contribution in [3.8, 4) is 28.4 Å². The second kappa shape index (κ2) is 13.0. The Labute approximate surface area is 242 Å². The number of carbonyl (C=O) groups is 1. The first-order valence-corrected chi connectivity index (χ1v) is 13.8. The van der Waals surface area contributed by atoms with E-state index in [0.717, 1.165) is 22.3 Å². The van der Waals surface area contributed by atoms with Crippen molar-refractivity contribution < 1.29 is 29.2 Å². The van der Waals surface area contributed by atoms with Gasteiger partial charge in [-0.1, -0.05) is 60.1 Å². The Morgan fingerprint density at radius 3 is 2.44 bits per heavy atom. The molecule has 1 saturated heterocycles. The first kappa shape index (κ1) is 29.0. The zero-order chi connectivity index (χ0) is 28.9. The molecule has 0 saturated carbocycles. The van der Waals surface area contributed by atoms with Crippen molar-refractivity contribution in [3.05, 3.63) is 65.2 Å². The van der Waals surface area contributed by atoms with Gasteiger partial charge in [0.1, 0.15) is 18.8 Å². The number of esters is 1. The minimum absolute atomic E-state index is 0.234. The smallest absolute Gasteiger partial charge is 0.310 e. The molecule has 2 aromatic heterocycles. The summed E-state index contributed by atoms with van der Waals surface area (Å²) in [4.78, 5) is 26.2. The SMILES string of the molecule is CN(C)CCOC(=O)Cc1ccc(-c2ccc(-c3nc4nc(O[C@H]5CO[C@H](CO)[C@@H](O)C5)[nH]c4cc3Cl)cc2)cc1. The van der Waals surface area contributed by atoms with Crippen LogP contribution in [0.15, 0.2) is 54.6 Å². The number of benzene rings is 2. The van der Waals surface area contributed by atoms with Crippen molar-refractivity contribution in [1.82, 2.24) is 19.9 Å². The molecule has 0 bridgehead atoms. The van der Waals surface area contributed by atoms with Gasteiger partial charge in [-0.25, -0.2) is 4.98 Å². The van der Waals surface area contributed by atoms with Crippen molar-refractivity contribution in [2.24, 2.45) is 0 Å². The summed E-state index contributed by atoms with van der Waals surface area (Å²) in [6.07, 6.45) is -1.27. The Hall–Kier alpha value is -3.54. The number of hydrogen-bond donors (Lipinski definition) is 3. The zero-order valence-electron chi connectivity index (χ0n) is 22.9.